The average Bonchev–Trinajstić information content (AvgIpc) is 2.93. The molecule has 8 nitrogen and oxygen atoms in total. The molecule has 1 aromatic rings. The summed E-state index contributed by atoms with van der Waals surface area (Å²) < 4.78 is 0. The lowest BCUT2D eigenvalue weighted by atomic mass is 9.93. The van der Waals surface area contributed by atoms with Crippen molar-refractivity contribution in [2.75, 3.05) is 13.1 Å². The highest BCUT2D eigenvalue weighted by molar-refractivity contribution is 6.23. The van der Waals surface area contributed by atoms with Gasteiger partial charge < -0.3 is 10.6 Å². The Hall–Kier alpha value is -2.58. The van der Waals surface area contributed by atoms with E-state index in [1.54, 1.807) is 12.1 Å². The van der Waals surface area contributed by atoms with E-state index in [0.717, 1.165) is 36.4 Å². The molecular formula is C21H26N4O4. The third-order valence-electron chi connectivity index (χ3n) is 6.00. The fraction of sp³-hybridized carbons (Fsp3) is 0.524. The standard InChI is InChI=1S/C21H26N4O4/c1-12-8-14(6-7-23-12)11-22-10-13-2-3-15-16(9-13)21(29)25(20(15)28)17-4-5-18(26)24-19(17)27/h2-3,9,12,14,17,22-23H,4-8,10-11H2,1H3,(H,24,26,27). The largest absolute Gasteiger partial charge is 0.314 e. The lowest BCUT2D eigenvalue weighted by molar-refractivity contribution is -0.136. The molecule has 0 aromatic heterocycles. The predicted molar refractivity (Wildman–Crippen MR) is 105 cm³/mol. The first-order valence-corrected chi connectivity index (χ1v) is 10.2. The Labute approximate surface area is 169 Å². The van der Waals surface area contributed by atoms with Gasteiger partial charge in [0.15, 0.2) is 0 Å². The zero-order valence-electron chi connectivity index (χ0n) is 16.5. The number of amides is 4. The van der Waals surface area contributed by atoms with Gasteiger partial charge in [-0.15, -0.1) is 0 Å². The smallest absolute Gasteiger partial charge is 0.262 e. The molecule has 4 rings (SSSR count). The van der Waals surface area contributed by atoms with Gasteiger partial charge in [0.05, 0.1) is 11.1 Å². The quantitative estimate of drug-likeness (QED) is 0.626. The molecule has 3 aliphatic heterocycles. The fourth-order valence-electron chi connectivity index (χ4n) is 4.47. The van der Waals surface area contributed by atoms with Crippen LogP contribution >= 0.6 is 0 Å². The van der Waals surface area contributed by atoms with Crippen LogP contribution in [0.25, 0.3) is 0 Å². The maximum Gasteiger partial charge on any atom is 0.262 e. The van der Waals surface area contributed by atoms with E-state index in [1.807, 2.05) is 6.07 Å². The van der Waals surface area contributed by atoms with Gasteiger partial charge >= 0.3 is 0 Å². The van der Waals surface area contributed by atoms with Crippen LogP contribution in [0, 0.1) is 5.92 Å². The number of rotatable bonds is 5. The molecule has 29 heavy (non-hydrogen) atoms. The molecule has 154 valence electrons. The minimum atomic E-state index is -0.927. The minimum Gasteiger partial charge on any atom is -0.314 e. The zero-order valence-corrected chi connectivity index (χ0v) is 16.5. The fourth-order valence-corrected chi connectivity index (χ4v) is 4.47. The Kier molecular flexibility index (Phi) is 5.47. The van der Waals surface area contributed by atoms with Crippen molar-refractivity contribution in [2.45, 2.75) is 51.2 Å². The van der Waals surface area contributed by atoms with E-state index in [0.29, 0.717) is 29.6 Å². The number of hydrogen-bond donors (Lipinski definition) is 3. The van der Waals surface area contributed by atoms with Crippen molar-refractivity contribution in [1.29, 1.82) is 0 Å². The molecule has 0 spiro atoms. The van der Waals surface area contributed by atoms with Crippen molar-refractivity contribution in [3.05, 3.63) is 34.9 Å². The van der Waals surface area contributed by atoms with E-state index < -0.39 is 23.8 Å². The molecule has 3 aliphatic rings. The summed E-state index contributed by atoms with van der Waals surface area (Å²) in [5.74, 6) is -1.27. The molecule has 3 atom stereocenters. The Balaban J connectivity index is 1.41. The number of nitrogens with one attached hydrogen (secondary N) is 3. The van der Waals surface area contributed by atoms with Gasteiger partial charge in [-0.2, -0.15) is 0 Å². The van der Waals surface area contributed by atoms with Gasteiger partial charge in [-0.1, -0.05) is 6.07 Å². The van der Waals surface area contributed by atoms with Crippen LogP contribution in [0.15, 0.2) is 18.2 Å². The highest BCUT2D eigenvalue weighted by atomic mass is 16.2. The molecule has 3 N–H and O–H groups in total. The Bertz CT molecular complexity index is 868. The number of carbonyl (C=O) groups excluding carboxylic acids is 4. The van der Waals surface area contributed by atoms with Crippen LogP contribution in [0.1, 0.15) is 58.9 Å². The molecule has 8 heteroatoms. The van der Waals surface area contributed by atoms with E-state index in [1.165, 1.54) is 0 Å². The molecule has 3 heterocycles. The van der Waals surface area contributed by atoms with Crippen LogP contribution in [0.3, 0.4) is 0 Å². The van der Waals surface area contributed by atoms with Crippen molar-refractivity contribution in [3.8, 4) is 0 Å². The predicted octanol–water partition coefficient (Wildman–Crippen LogP) is 0.566. The minimum absolute atomic E-state index is 0.119. The van der Waals surface area contributed by atoms with Crippen molar-refractivity contribution >= 4 is 23.6 Å². The summed E-state index contributed by atoms with van der Waals surface area (Å²) in [7, 11) is 0. The maximum atomic E-state index is 12.9. The third kappa shape index (κ3) is 3.95. The molecule has 2 fully saturated rings. The van der Waals surface area contributed by atoms with Gasteiger partial charge in [0.25, 0.3) is 11.8 Å². The molecule has 0 radical (unpaired) electrons. The Morgan fingerprint density at radius 3 is 2.66 bits per heavy atom. The summed E-state index contributed by atoms with van der Waals surface area (Å²) in [5.41, 5.74) is 1.57. The number of benzene rings is 1. The molecular weight excluding hydrogens is 372 g/mol. The lowest BCUT2D eigenvalue weighted by Crippen LogP contribution is -2.54. The third-order valence-corrected chi connectivity index (χ3v) is 6.00. The first-order valence-electron chi connectivity index (χ1n) is 10.2. The number of hydrogen-bond acceptors (Lipinski definition) is 6. The Morgan fingerprint density at radius 2 is 1.90 bits per heavy atom. The first kappa shape index (κ1) is 19.7. The highest BCUT2D eigenvalue weighted by Gasteiger charge is 2.44. The molecule has 0 saturated carbocycles. The summed E-state index contributed by atoms with van der Waals surface area (Å²) in [6.07, 6.45) is 2.58. The van der Waals surface area contributed by atoms with Crippen LogP contribution in [-0.4, -0.2) is 53.7 Å². The molecule has 4 amide bonds. The van der Waals surface area contributed by atoms with Crippen LogP contribution < -0.4 is 16.0 Å². The van der Waals surface area contributed by atoms with Gasteiger partial charge in [0, 0.05) is 19.0 Å². The van der Waals surface area contributed by atoms with Crippen molar-refractivity contribution in [3.63, 3.8) is 0 Å². The number of piperidine rings is 2. The van der Waals surface area contributed by atoms with Crippen LogP contribution in [0.5, 0.6) is 0 Å². The first-order chi connectivity index (χ1) is 13.9. The molecule has 2 saturated heterocycles. The van der Waals surface area contributed by atoms with E-state index in [9.17, 15) is 19.2 Å². The normalized spacial score (nSPS) is 27.2. The van der Waals surface area contributed by atoms with Crippen LogP contribution in [0.4, 0.5) is 0 Å². The van der Waals surface area contributed by atoms with Crippen molar-refractivity contribution in [2.24, 2.45) is 5.92 Å². The molecule has 0 bridgehead atoms. The van der Waals surface area contributed by atoms with Crippen LogP contribution in [0.2, 0.25) is 0 Å². The monoisotopic (exact) mass is 398 g/mol. The van der Waals surface area contributed by atoms with E-state index >= 15 is 0 Å². The van der Waals surface area contributed by atoms with Gasteiger partial charge in [-0.25, -0.2) is 0 Å². The summed E-state index contributed by atoms with van der Waals surface area (Å²) in [6, 6.07) is 4.85. The Morgan fingerprint density at radius 1 is 1.10 bits per heavy atom. The van der Waals surface area contributed by atoms with Crippen LogP contribution in [-0.2, 0) is 16.1 Å². The topological polar surface area (TPSA) is 108 Å². The lowest BCUT2D eigenvalue weighted by Gasteiger charge is -2.28. The summed E-state index contributed by atoms with van der Waals surface area (Å²) >= 11 is 0. The summed E-state index contributed by atoms with van der Waals surface area (Å²) in [6.45, 7) is 4.77. The molecule has 0 aliphatic carbocycles. The van der Waals surface area contributed by atoms with Gasteiger partial charge in [-0.3, -0.25) is 29.4 Å². The van der Waals surface area contributed by atoms with E-state index in [4.69, 9.17) is 0 Å². The number of carbonyl (C=O) groups is 4. The molecule has 3 unspecified atom stereocenters. The summed E-state index contributed by atoms with van der Waals surface area (Å²) in [4.78, 5) is 50.1. The number of fused-ring (bicyclic) bond motifs is 1. The van der Waals surface area contributed by atoms with E-state index in [2.05, 4.69) is 22.9 Å². The average molecular weight is 398 g/mol. The van der Waals surface area contributed by atoms with Gasteiger partial charge in [-0.05, 0) is 62.9 Å². The number of imide groups is 2. The van der Waals surface area contributed by atoms with Gasteiger partial charge in [0.1, 0.15) is 6.04 Å². The van der Waals surface area contributed by atoms with Crippen molar-refractivity contribution < 1.29 is 19.2 Å². The van der Waals surface area contributed by atoms with Crippen molar-refractivity contribution in [1.82, 2.24) is 20.9 Å². The SMILES string of the molecule is CC1CC(CNCc2ccc3c(c2)C(=O)N(C2CCC(=O)NC2=O)C3=O)CCN1. The zero-order chi connectivity index (χ0) is 20.5. The second-order valence-electron chi connectivity index (χ2n) is 8.20. The second kappa shape index (κ2) is 8.04. The number of nitrogens with zero attached hydrogens (tertiary/aromatic N) is 1. The summed E-state index contributed by atoms with van der Waals surface area (Å²) in [5, 5.41) is 9.11. The molecule has 1 aromatic carbocycles. The second-order valence-corrected chi connectivity index (χ2v) is 8.20. The van der Waals surface area contributed by atoms with Gasteiger partial charge in [0.2, 0.25) is 11.8 Å². The maximum absolute atomic E-state index is 12.9. The van der Waals surface area contributed by atoms with E-state index in [-0.39, 0.29) is 18.7 Å². The highest BCUT2D eigenvalue weighted by Crippen LogP contribution is 2.28.